The SMILES string of the molecule is NCc1cc(C(=O)O)ncc1B(O)O. The molecule has 1 aromatic heterocycles. The van der Waals surface area contributed by atoms with Gasteiger partial charge < -0.3 is 20.9 Å². The van der Waals surface area contributed by atoms with Gasteiger partial charge in [0.15, 0.2) is 0 Å². The molecule has 6 nitrogen and oxygen atoms in total. The second-order valence-corrected chi connectivity index (χ2v) is 2.65. The summed E-state index contributed by atoms with van der Waals surface area (Å²) >= 11 is 0. The topological polar surface area (TPSA) is 117 Å². The van der Waals surface area contributed by atoms with Gasteiger partial charge in [-0.25, -0.2) is 9.78 Å². The molecule has 0 atom stereocenters. The van der Waals surface area contributed by atoms with Gasteiger partial charge >= 0.3 is 13.1 Å². The number of pyridine rings is 1. The summed E-state index contributed by atoms with van der Waals surface area (Å²) in [6, 6.07) is 1.22. The van der Waals surface area contributed by atoms with Crippen molar-refractivity contribution in [1.29, 1.82) is 0 Å². The summed E-state index contributed by atoms with van der Waals surface area (Å²) in [6.45, 7) is 0.0236. The number of rotatable bonds is 3. The van der Waals surface area contributed by atoms with E-state index < -0.39 is 13.1 Å². The van der Waals surface area contributed by atoms with Crippen LogP contribution in [0, 0.1) is 0 Å². The van der Waals surface area contributed by atoms with Crippen LogP contribution < -0.4 is 11.2 Å². The summed E-state index contributed by atoms with van der Waals surface area (Å²) in [7, 11) is -1.69. The number of aromatic nitrogens is 1. The molecule has 0 unspecified atom stereocenters. The Morgan fingerprint density at radius 1 is 1.57 bits per heavy atom. The third kappa shape index (κ3) is 2.08. The Morgan fingerprint density at radius 3 is 2.64 bits per heavy atom. The largest absolute Gasteiger partial charge is 0.490 e. The smallest absolute Gasteiger partial charge is 0.477 e. The second-order valence-electron chi connectivity index (χ2n) is 2.65. The molecule has 1 rings (SSSR count). The number of hydrogen-bond acceptors (Lipinski definition) is 5. The fourth-order valence-corrected chi connectivity index (χ4v) is 1.03. The van der Waals surface area contributed by atoms with Crippen LogP contribution in [0.5, 0.6) is 0 Å². The number of nitrogens with two attached hydrogens (primary N) is 1. The van der Waals surface area contributed by atoms with Crippen molar-refractivity contribution >= 4 is 18.6 Å². The van der Waals surface area contributed by atoms with E-state index in [-0.39, 0.29) is 17.7 Å². The highest BCUT2D eigenvalue weighted by Gasteiger charge is 2.17. The summed E-state index contributed by atoms with van der Waals surface area (Å²) in [5.74, 6) is -1.18. The fourth-order valence-electron chi connectivity index (χ4n) is 1.03. The molecule has 74 valence electrons. The zero-order valence-electron chi connectivity index (χ0n) is 7.21. The normalized spacial score (nSPS) is 9.93. The molecule has 0 fully saturated rings. The van der Waals surface area contributed by atoms with E-state index in [0.29, 0.717) is 5.56 Å². The van der Waals surface area contributed by atoms with E-state index in [1.165, 1.54) is 6.07 Å². The van der Waals surface area contributed by atoms with E-state index >= 15 is 0 Å². The van der Waals surface area contributed by atoms with Crippen LogP contribution in [0.4, 0.5) is 0 Å². The zero-order chi connectivity index (χ0) is 10.7. The van der Waals surface area contributed by atoms with Crippen LogP contribution >= 0.6 is 0 Å². The van der Waals surface area contributed by atoms with Crippen molar-refractivity contribution in [1.82, 2.24) is 4.98 Å². The first-order chi connectivity index (χ1) is 6.56. The van der Waals surface area contributed by atoms with Gasteiger partial charge in [-0.05, 0) is 11.6 Å². The average molecular weight is 196 g/mol. The molecule has 0 saturated carbocycles. The Labute approximate surface area is 80.2 Å². The van der Waals surface area contributed by atoms with Gasteiger partial charge in [-0.3, -0.25) is 0 Å². The number of carbonyl (C=O) groups is 1. The van der Waals surface area contributed by atoms with Crippen molar-refractivity contribution in [2.75, 3.05) is 0 Å². The van der Waals surface area contributed by atoms with E-state index in [1.54, 1.807) is 0 Å². The monoisotopic (exact) mass is 196 g/mol. The molecule has 0 aliphatic heterocycles. The van der Waals surface area contributed by atoms with Crippen molar-refractivity contribution in [3.8, 4) is 0 Å². The Hall–Kier alpha value is -1.44. The molecule has 0 bridgehead atoms. The first-order valence-electron chi connectivity index (χ1n) is 3.84. The van der Waals surface area contributed by atoms with Crippen LogP contribution in [0.15, 0.2) is 12.3 Å². The zero-order valence-corrected chi connectivity index (χ0v) is 7.21. The average Bonchev–Trinajstić information content (AvgIpc) is 2.16. The third-order valence-electron chi connectivity index (χ3n) is 1.74. The molecule has 7 heteroatoms. The van der Waals surface area contributed by atoms with E-state index in [1.807, 2.05) is 0 Å². The van der Waals surface area contributed by atoms with Gasteiger partial charge in [0, 0.05) is 18.2 Å². The Balaban J connectivity index is 3.18. The molecule has 0 radical (unpaired) electrons. The molecule has 14 heavy (non-hydrogen) atoms. The molecule has 1 aromatic rings. The number of carboxylic acids is 1. The van der Waals surface area contributed by atoms with Crippen molar-refractivity contribution in [3.63, 3.8) is 0 Å². The van der Waals surface area contributed by atoms with Gasteiger partial charge in [0.05, 0.1) is 0 Å². The molecule has 5 N–H and O–H groups in total. The quantitative estimate of drug-likeness (QED) is 0.412. The number of hydrogen-bond donors (Lipinski definition) is 4. The van der Waals surface area contributed by atoms with E-state index in [2.05, 4.69) is 4.98 Å². The van der Waals surface area contributed by atoms with Crippen LogP contribution in [-0.4, -0.2) is 33.2 Å². The molecule has 0 amide bonds. The maximum atomic E-state index is 10.5. The lowest BCUT2D eigenvalue weighted by molar-refractivity contribution is 0.0690. The van der Waals surface area contributed by atoms with Gasteiger partial charge in [-0.2, -0.15) is 0 Å². The summed E-state index contributed by atoms with van der Waals surface area (Å²) < 4.78 is 0. The lowest BCUT2D eigenvalue weighted by Crippen LogP contribution is -2.35. The molecule has 1 heterocycles. The highest BCUT2D eigenvalue weighted by molar-refractivity contribution is 6.59. The lowest BCUT2D eigenvalue weighted by atomic mass is 9.78. The number of carboxylic acid groups (broad SMARTS) is 1. The maximum Gasteiger partial charge on any atom is 0.490 e. The van der Waals surface area contributed by atoms with Crippen LogP contribution in [0.3, 0.4) is 0 Å². The summed E-state index contributed by atoms with van der Waals surface area (Å²) in [6.07, 6.45) is 1.09. The molecular formula is C7H9BN2O4. The minimum atomic E-state index is -1.69. The van der Waals surface area contributed by atoms with E-state index in [0.717, 1.165) is 6.20 Å². The van der Waals surface area contributed by atoms with Gasteiger partial charge in [0.2, 0.25) is 0 Å². The van der Waals surface area contributed by atoms with Crippen molar-refractivity contribution in [3.05, 3.63) is 23.5 Å². The standard InChI is InChI=1S/C7H9BN2O4/c9-2-4-1-6(7(11)12)10-3-5(4)8(13)14/h1,3,13-14H,2,9H2,(H,11,12). The highest BCUT2D eigenvalue weighted by atomic mass is 16.4. The Kier molecular flexibility index (Phi) is 3.18. The number of aromatic carboxylic acids is 1. The molecule has 0 aromatic carbocycles. The molecule has 0 spiro atoms. The van der Waals surface area contributed by atoms with Crippen LogP contribution in [0.1, 0.15) is 16.1 Å². The van der Waals surface area contributed by atoms with Gasteiger partial charge in [-0.15, -0.1) is 0 Å². The van der Waals surface area contributed by atoms with Gasteiger partial charge in [0.25, 0.3) is 0 Å². The Morgan fingerprint density at radius 2 is 2.21 bits per heavy atom. The maximum absolute atomic E-state index is 10.5. The Bertz CT molecular complexity index is 356. The summed E-state index contributed by atoms with van der Waals surface area (Å²) in [5, 5.41) is 26.4. The first-order valence-corrected chi connectivity index (χ1v) is 3.84. The minimum absolute atomic E-state index is 0.0236. The first kappa shape index (κ1) is 10.6. The molecule has 0 aliphatic carbocycles. The van der Waals surface area contributed by atoms with E-state index in [9.17, 15) is 4.79 Å². The van der Waals surface area contributed by atoms with Crippen LogP contribution in [-0.2, 0) is 6.54 Å². The molecule has 0 saturated heterocycles. The number of nitrogens with zero attached hydrogens (tertiary/aromatic N) is 1. The predicted molar refractivity (Wildman–Crippen MR) is 48.9 cm³/mol. The lowest BCUT2D eigenvalue weighted by Gasteiger charge is -2.06. The minimum Gasteiger partial charge on any atom is -0.477 e. The van der Waals surface area contributed by atoms with Crippen LogP contribution in [0.25, 0.3) is 0 Å². The molecule has 0 aliphatic rings. The van der Waals surface area contributed by atoms with Crippen molar-refractivity contribution < 1.29 is 19.9 Å². The molecular weight excluding hydrogens is 187 g/mol. The highest BCUT2D eigenvalue weighted by Crippen LogP contribution is 1.99. The summed E-state index contributed by atoms with van der Waals surface area (Å²) in [4.78, 5) is 14.1. The van der Waals surface area contributed by atoms with Gasteiger partial charge in [-0.1, -0.05) is 0 Å². The fraction of sp³-hybridized carbons (Fsp3) is 0.143. The van der Waals surface area contributed by atoms with Crippen molar-refractivity contribution in [2.45, 2.75) is 6.54 Å². The van der Waals surface area contributed by atoms with Crippen molar-refractivity contribution in [2.24, 2.45) is 5.73 Å². The summed E-state index contributed by atoms with van der Waals surface area (Å²) in [5.41, 5.74) is 5.62. The predicted octanol–water partition coefficient (Wildman–Crippen LogP) is -2.08. The van der Waals surface area contributed by atoms with Crippen LogP contribution in [0.2, 0.25) is 0 Å². The van der Waals surface area contributed by atoms with E-state index in [4.69, 9.17) is 20.9 Å². The third-order valence-corrected chi connectivity index (χ3v) is 1.74. The van der Waals surface area contributed by atoms with Gasteiger partial charge in [0.1, 0.15) is 5.69 Å². The second kappa shape index (κ2) is 4.18.